The molecule has 1 heterocycles. The summed E-state index contributed by atoms with van der Waals surface area (Å²) < 4.78 is 5.09. The lowest BCUT2D eigenvalue weighted by Gasteiger charge is -2.01. The van der Waals surface area contributed by atoms with Crippen molar-refractivity contribution in [3.63, 3.8) is 0 Å². The van der Waals surface area contributed by atoms with E-state index in [-0.39, 0.29) is 6.61 Å². The minimum Gasteiger partial charge on any atom is -0.398 e. The van der Waals surface area contributed by atoms with Crippen LogP contribution in [0.25, 0.3) is 11.5 Å². The number of aliphatic hydroxyl groups is 1. The van der Waals surface area contributed by atoms with E-state index in [1.165, 1.54) is 0 Å². The van der Waals surface area contributed by atoms with E-state index in [2.05, 4.69) is 10.1 Å². The van der Waals surface area contributed by atoms with E-state index in [1.54, 1.807) is 6.07 Å². The number of aromatic nitrogens is 2. The molecule has 0 saturated carbocycles. The van der Waals surface area contributed by atoms with E-state index >= 15 is 0 Å². The van der Waals surface area contributed by atoms with Crippen LogP contribution in [0.3, 0.4) is 0 Å². The summed E-state index contributed by atoms with van der Waals surface area (Å²) in [5.74, 6) is 0.878. The van der Waals surface area contributed by atoms with Gasteiger partial charge in [-0.05, 0) is 19.1 Å². The fraction of sp³-hybridized carbons (Fsp3) is 0.273. The topological polar surface area (TPSA) is 85.2 Å². The van der Waals surface area contributed by atoms with Crippen LogP contribution in [0.2, 0.25) is 0 Å². The molecule has 1 aromatic heterocycles. The fourth-order valence-electron chi connectivity index (χ4n) is 1.42. The molecule has 0 atom stereocenters. The Hall–Kier alpha value is -1.88. The van der Waals surface area contributed by atoms with Gasteiger partial charge in [0.2, 0.25) is 0 Å². The Kier molecular flexibility index (Phi) is 2.87. The summed E-state index contributed by atoms with van der Waals surface area (Å²) in [5, 5.41) is 12.5. The van der Waals surface area contributed by atoms with Gasteiger partial charge in [-0.1, -0.05) is 16.8 Å². The van der Waals surface area contributed by atoms with Gasteiger partial charge in [-0.15, -0.1) is 0 Å². The minimum atomic E-state index is 0.00225. The molecule has 16 heavy (non-hydrogen) atoms. The van der Waals surface area contributed by atoms with Gasteiger partial charge in [-0.2, -0.15) is 4.98 Å². The molecular weight excluding hydrogens is 206 g/mol. The van der Waals surface area contributed by atoms with Crippen molar-refractivity contribution in [2.24, 2.45) is 0 Å². The van der Waals surface area contributed by atoms with E-state index in [0.29, 0.717) is 23.8 Å². The fourth-order valence-corrected chi connectivity index (χ4v) is 1.42. The molecule has 0 spiro atoms. The first-order valence-corrected chi connectivity index (χ1v) is 5.00. The standard InChI is InChI=1S/C11H13N3O2/c1-7-2-3-9(12)8(6-7)11-13-10(4-5-15)14-16-11/h2-3,6,15H,4-5,12H2,1H3. The zero-order chi connectivity index (χ0) is 11.5. The molecule has 84 valence electrons. The lowest BCUT2D eigenvalue weighted by Crippen LogP contribution is -1.93. The van der Waals surface area contributed by atoms with Crippen LogP contribution in [-0.2, 0) is 6.42 Å². The molecule has 2 rings (SSSR count). The van der Waals surface area contributed by atoms with Crippen molar-refractivity contribution < 1.29 is 9.63 Å². The predicted octanol–water partition coefficient (Wildman–Crippen LogP) is 1.16. The molecule has 0 aliphatic heterocycles. The maximum atomic E-state index is 8.75. The van der Waals surface area contributed by atoms with Gasteiger partial charge in [0.1, 0.15) is 0 Å². The molecule has 2 aromatic rings. The van der Waals surface area contributed by atoms with Crippen molar-refractivity contribution in [2.75, 3.05) is 12.3 Å². The third-order valence-corrected chi connectivity index (χ3v) is 2.24. The number of nitrogens with zero attached hydrogens (tertiary/aromatic N) is 2. The number of nitrogens with two attached hydrogens (primary N) is 1. The second-order valence-electron chi connectivity index (χ2n) is 3.58. The number of rotatable bonds is 3. The average Bonchev–Trinajstić information content (AvgIpc) is 2.71. The maximum Gasteiger partial charge on any atom is 0.260 e. The maximum absolute atomic E-state index is 8.75. The Labute approximate surface area is 92.9 Å². The molecule has 1 aromatic carbocycles. The summed E-state index contributed by atoms with van der Waals surface area (Å²) in [6, 6.07) is 5.62. The Morgan fingerprint density at radius 2 is 2.25 bits per heavy atom. The van der Waals surface area contributed by atoms with Gasteiger partial charge in [0.25, 0.3) is 5.89 Å². The number of aliphatic hydroxyl groups excluding tert-OH is 1. The molecule has 0 aliphatic rings. The predicted molar refractivity (Wildman–Crippen MR) is 59.7 cm³/mol. The van der Waals surface area contributed by atoms with Crippen LogP contribution < -0.4 is 5.73 Å². The molecule has 0 fully saturated rings. The number of anilines is 1. The van der Waals surface area contributed by atoms with Crippen LogP contribution in [0, 0.1) is 6.92 Å². The first-order chi connectivity index (χ1) is 7.70. The zero-order valence-corrected chi connectivity index (χ0v) is 8.97. The van der Waals surface area contributed by atoms with Crippen molar-refractivity contribution in [1.82, 2.24) is 10.1 Å². The average molecular weight is 219 g/mol. The van der Waals surface area contributed by atoms with Gasteiger partial charge < -0.3 is 15.4 Å². The minimum absolute atomic E-state index is 0.00225. The SMILES string of the molecule is Cc1ccc(N)c(-c2nc(CCO)no2)c1. The van der Waals surface area contributed by atoms with Gasteiger partial charge in [0, 0.05) is 12.1 Å². The molecule has 0 unspecified atom stereocenters. The smallest absolute Gasteiger partial charge is 0.260 e. The highest BCUT2D eigenvalue weighted by molar-refractivity contribution is 5.70. The highest BCUT2D eigenvalue weighted by Gasteiger charge is 2.11. The number of aryl methyl sites for hydroxylation is 1. The molecule has 0 bridgehead atoms. The molecule has 0 amide bonds. The lowest BCUT2D eigenvalue weighted by molar-refractivity contribution is 0.293. The van der Waals surface area contributed by atoms with Gasteiger partial charge in [-0.3, -0.25) is 0 Å². The highest BCUT2D eigenvalue weighted by Crippen LogP contribution is 2.25. The zero-order valence-electron chi connectivity index (χ0n) is 8.97. The summed E-state index contributed by atoms with van der Waals surface area (Å²) >= 11 is 0. The number of hydrogen-bond acceptors (Lipinski definition) is 5. The summed E-state index contributed by atoms with van der Waals surface area (Å²) in [7, 11) is 0. The van der Waals surface area contributed by atoms with Crippen LogP contribution >= 0.6 is 0 Å². The normalized spacial score (nSPS) is 10.6. The quantitative estimate of drug-likeness (QED) is 0.756. The van der Waals surface area contributed by atoms with E-state index < -0.39 is 0 Å². The van der Waals surface area contributed by atoms with Crippen molar-refractivity contribution in [2.45, 2.75) is 13.3 Å². The van der Waals surface area contributed by atoms with E-state index in [4.69, 9.17) is 15.4 Å². The highest BCUT2D eigenvalue weighted by atomic mass is 16.5. The Morgan fingerprint density at radius 1 is 1.44 bits per heavy atom. The number of nitrogen functional groups attached to an aromatic ring is 1. The van der Waals surface area contributed by atoms with Crippen molar-refractivity contribution in [1.29, 1.82) is 0 Å². The lowest BCUT2D eigenvalue weighted by atomic mass is 10.1. The second-order valence-corrected chi connectivity index (χ2v) is 3.58. The molecule has 5 nitrogen and oxygen atoms in total. The summed E-state index contributed by atoms with van der Waals surface area (Å²) in [6.07, 6.45) is 0.384. The molecular formula is C11H13N3O2. The van der Waals surface area contributed by atoms with Crippen LogP contribution in [-0.4, -0.2) is 21.9 Å². The van der Waals surface area contributed by atoms with Gasteiger partial charge >= 0.3 is 0 Å². The van der Waals surface area contributed by atoms with Crippen molar-refractivity contribution in [3.8, 4) is 11.5 Å². The largest absolute Gasteiger partial charge is 0.398 e. The van der Waals surface area contributed by atoms with E-state index in [0.717, 1.165) is 11.1 Å². The van der Waals surface area contributed by atoms with Gasteiger partial charge in [0.15, 0.2) is 5.82 Å². The monoisotopic (exact) mass is 219 g/mol. The molecule has 0 saturated heterocycles. The third kappa shape index (κ3) is 2.04. The summed E-state index contributed by atoms with van der Waals surface area (Å²) in [5.41, 5.74) is 8.24. The van der Waals surface area contributed by atoms with Gasteiger partial charge in [-0.25, -0.2) is 0 Å². The number of benzene rings is 1. The summed E-state index contributed by atoms with van der Waals surface area (Å²) in [6.45, 7) is 1.97. The Balaban J connectivity index is 2.38. The van der Waals surface area contributed by atoms with Crippen molar-refractivity contribution >= 4 is 5.69 Å². The van der Waals surface area contributed by atoms with Crippen LogP contribution in [0.4, 0.5) is 5.69 Å². The van der Waals surface area contributed by atoms with Crippen LogP contribution in [0.15, 0.2) is 22.7 Å². The molecule has 0 radical (unpaired) electrons. The molecule has 3 N–H and O–H groups in total. The van der Waals surface area contributed by atoms with Crippen LogP contribution in [0.1, 0.15) is 11.4 Å². The van der Waals surface area contributed by atoms with Gasteiger partial charge in [0.05, 0.1) is 12.2 Å². The molecule has 0 aliphatic carbocycles. The van der Waals surface area contributed by atoms with E-state index in [9.17, 15) is 0 Å². The number of hydrogen-bond donors (Lipinski definition) is 2. The van der Waals surface area contributed by atoms with Crippen molar-refractivity contribution in [3.05, 3.63) is 29.6 Å². The summed E-state index contributed by atoms with van der Waals surface area (Å²) in [4.78, 5) is 4.15. The first-order valence-electron chi connectivity index (χ1n) is 5.00. The second kappa shape index (κ2) is 4.32. The van der Waals surface area contributed by atoms with E-state index in [1.807, 2.05) is 19.1 Å². The Bertz CT molecular complexity index is 494. The first kappa shape index (κ1) is 10.6. The molecule has 5 heteroatoms. The third-order valence-electron chi connectivity index (χ3n) is 2.24. The van der Waals surface area contributed by atoms with Crippen LogP contribution in [0.5, 0.6) is 0 Å². The Morgan fingerprint density at radius 3 is 3.00 bits per heavy atom.